The number of benzene rings is 12. The summed E-state index contributed by atoms with van der Waals surface area (Å²) >= 11 is 12.9. The number of aliphatic hydroxyl groups excluding tert-OH is 2. The summed E-state index contributed by atoms with van der Waals surface area (Å²) in [4.78, 5) is 10.6. The molecular formula is C101H116B2Br4F6KN4O8P. The Hall–Kier alpha value is -6.44. The Morgan fingerprint density at radius 2 is 0.740 bits per heavy atom. The van der Waals surface area contributed by atoms with Crippen molar-refractivity contribution in [2.75, 3.05) is 52.8 Å². The number of halogens is 10. The molecule has 4 heterocycles. The van der Waals surface area contributed by atoms with E-state index in [0.717, 1.165) is 147 Å². The van der Waals surface area contributed by atoms with Crippen LogP contribution in [0.15, 0.2) is 218 Å². The van der Waals surface area contributed by atoms with E-state index in [2.05, 4.69) is 98.8 Å². The van der Waals surface area contributed by atoms with Crippen molar-refractivity contribution in [1.29, 1.82) is 15.8 Å². The van der Waals surface area contributed by atoms with Gasteiger partial charge in [-0.25, -0.2) is 31.1 Å². The van der Waals surface area contributed by atoms with Crippen LogP contribution in [0.2, 0.25) is 0 Å². The summed E-state index contributed by atoms with van der Waals surface area (Å²) in [6, 6.07) is 66.8. The van der Waals surface area contributed by atoms with Gasteiger partial charge in [-0.2, -0.15) is 10.5 Å². The predicted octanol–water partition coefficient (Wildman–Crippen LogP) is 25.5. The number of ether oxygens (including phenoxy) is 4. The van der Waals surface area contributed by atoms with E-state index < -0.39 is 5.97 Å². The van der Waals surface area contributed by atoms with Crippen LogP contribution in [0.25, 0.3) is 64.6 Å². The Kier molecular flexibility index (Phi) is 60.9. The smallest absolute Gasteiger partial charge is 0.512 e. The zero-order valence-corrected chi connectivity index (χ0v) is 80.5. The van der Waals surface area contributed by atoms with E-state index >= 15 is 0 Å². The molecule has 127 heavy (non-hydrogen) atoms. The molecule has 26 heteroatoms. The van der Waals surface area contributed by atoms with Gasteiger partial charge in [0.15, 0.2) is 0 Å². The second-order valence-electron chi connectivity index (χ2n) is 29.6. The minimum absolute atomic E-state index is 0. The summed E-state index contributed by atoms with van der Waals surface area (Å²) in [5.41, 5.74) is 11.5. The van der Waals surface area contributed by atoms with Gasteiger partial charge in [-0.3, -0.25) is 0 Å². The predicted molar refractivity (Wildman–Crippen MR) is 524 cm³/mol. The monoisotopic (exact) mass is 2030 g/mol. The number of hydrogen-bond acceptors (Lipinski definition) is 11. The third-order valence-electron chi connectivity index (χ3n) is 21.2. The molecule has 6 aliphatic rings. The van der Waals surface area contributed by atoms with Crippen LogP contribution in [-0.4, -0.2) is 103 Å². The van der Waals surface area contributed by atoms with Crippen LogP contribution in [0.1, 0.15) is 183 Å². The first-order valence-electron chi connectivity index (χ1n) is 40.6. The number of carboxylic acids is 1. The van der Waals surface area contributed by atoms with Crippen molar-refractivity contribution in [1.82, 2.24) is 0 Å². The third kappa shape index (κ3) is 40.3. The molecule has 5 N–H and O–H groups in total. The maximum Gasteiger partial charge on any atom is 1.00 e. The standard InChI is InChI=1S/C17H20FN.C17H16FN.C12H8FN.C11H8BrF.C11H7FO2.C11H9FO.C8H14O2.2C4H8O.C2H6O.CN.3CH4.2B.Br3P.K/c2*18-16-7-5-13-10-15(6-4-14(13)11-16)17(12-19)8-2-1-3-9-17;13-12-4-3-10-7-9(5-6-14)1-2-11(10)8-12;12-7-8-1-2-10-6-11(13)4-3-9(10)5-8;12-10-4-3-7-5-9(11(13)14)2-1-8(7)6-10;12-11-4-3-9-5-8(7-13)1-2-10(9)6-11;1-3-7(9-5-1)8-4-2-6-10-8;2*1-2-4-5-3-1;1-2-3;1-2;;;;;;1-4(2)3;/h4-7,10-11H,1-3,8-9,12,19H2;4-7,10-11H,1-3,8-9H2;1-4,7-8H,5H2;1-6H,7H2;1-6H,(H,13,14);1-6,13H,7H2;7-8H,1-6H2;2*1-4H2;3H,2H2,1H3;;3*1H4;;;;/q;;;;;;;;;;-1;;;;;;;+1. The minimum Gasteiger partial charge on any atom is -0.512 e. The molecule has 0 bridgehead atoms. The van der Waals surface area contributed by atoms with Gasteiger partial charge >= 0.3 is 57.4 Å². The number of alkyl halides is 1. The van der Waals surface area contributed by atoms with Crippen LogP contribution in [0.4, 0.5) is 26.3 Å². The van der Waals surface area contributed by atoms with Gasteiger partial charge in [0.1, 0.15) is 38.9 Å². The number of nitrogens with two attached hydrogens (primary N) is 1. The first kappa shape index (κ1) is 119. The van der Waals surface area contributed by atoms with Crippen molar-refractivity contribution in [2.24, 2.45) is 5.73 Å². The fourth-order valence-electron chi connectivity index (χ4n) is 14.9. The van der Waals surface area contributed by atoms with Crippen LogP contribution in [0.3, 0.4) is 0 Å². The number of fused-ring (bicyclic) bond motifs is 6. The van der Waals surface area contributed by atoms with E-state index in [9.17, 15) is 36.4 Å². The van der Waals surface area contributed by atoms with E-state index in [4.69, 9.17) is 57.1 Å². The molecule has 12 nitrogen and oxygen atoms in total. The van der Waals surface area contributed by atoms with Crippen molar-refractivity contribution in [2.45, 2.75) is 186 Å². The molecule has 6 fully saturated rings. The van der Waals surface area contributed by atoms with E-state index in [1.807, 2.05) is 66.7 Å². The summed E-state index contributed by atoms with van der Waals surface area (Å²) in [5.74, 6) is -2.33. The molecule has 6 radical (unpaired) electrons. The number of aromatic carboxylic acids is 1. The molecule has 18 rings (SSSR count). The number of hydrogen-bond donors (Lipinski definition) is 4. The third-order valence-corrected chi connectivity index (χ3v) is 21.8. The Labute approximate surface area is 828 Å². The van der Waals surface area contributed by atoms with E-state index in [0.29, 0.717) is 30.6 Å². The quantitative estimate of drug-likeness (QED) is 0.0368. The maximum atomic E-state index is 13.2. The molecule has 2 atom stereocenters. The van der Waals surface area contributed by atoms with Crippen molar-refractivity contribution in [3.05, 3.63) is 293 Å². The molecule has 4 aliphatic heterocycles. The van der Waals surface area contributed by atoms with Crippen LogP contribution in [-0.2, 0) is 48.1 Å². The van der Waals surface area contributed by atoms with Gasteiger partial charge in [-0.05, 0) is 320 Å². The Balaban J connectivity index is 0.000000714. The molecule has 670 valence electrons. The number of carbonyl (C=O) groups is 1. The average Bonchev–Trinajstić information content (AvgIpc) is 1.39. The number of rotatable bonds is 8. The van der Waals surface area contributed by atoms with Gasteiger partial charge < -0.3 is 51.8 Å². The molecular weight excluding hydrogens is 1920 g/mol. The first-order chi connectivity index (χ1) is 58.6. The minimum atomic E-state index is -0.976. The Morgan fingerprint density at radius 3 is 1.06 bits per heavy atom. The molecule has 0 amide bonds. The normalized spacial score (nSPS) is 15.5. The van der Waals surface area contributed by atoms with Crippen LogP contribution >= 0.6 is 66.4 Å². The van der Waals surface area contributed by atoms with Gasteiger partial charge in [0, 0.05) is 80.4 Å². The average molecular weight is 2040 g/mol. The van der Waals surface area contributed by atoms with Gasteiger partial charge in [0.2, 0.25) is 0 Å². The molecule has 2 saturated carbocycles. The van der Waals surface area contributed by atoms with E-state index in [1.165, 1.54) is 168 Å². The topological polar surface area (TPSA) is 212 Å². The summed E-state index contributed by atoms with van der Waals surface area (Å²) in [7, 11) is 0. The van der Waals surface area contributed by atoms with Gasteiger partial charge in [-0.15, -0.1) is 0 Å². The Morgan fingerprint density at radius 1 is 0.441 bits per heavy atom. The first-order valence-corrected chi connectivity index (χ1v) is 49.2. The largest absolute Gasteiger partial charge is 1.00 e. The maximum absolute atomic E-state index is 13.2. The van der Waals surface area contributed by atoms with Crippen LogP contribution in [0.5, 0.6) is 0 Å². The van der Waals surface area contributed by atoms with E-state index in [-0.39, 0.29) is 159 Å². The summed E-state index contributed by atoms with van der Waals surface area (Å²) in [6.07, 6.45) is 22.8. The number of nitrogens with zero attached hydrogens (tertiary/aromatic N) is 3. The van der Waals surface area contributed by atoms with Crippen molar-refractivity contribution in [3.8, 4) is 12.1 Å². The summed E-state index contributed by atoms with van der Waals surface area (Å²) < 4.78 is 98.3. The SMILES string of the molecule is BrP(Br)Br.C.C.C.C1CCOC1.C1CCOC1.C1COC(C2CCCO2)C1.CCO.Fc1ccc2cc(CBr)ccc2c1.N#CC1(c2ccc3cc(F)ccc3c2)CCCCC1.N#CCc1ccc2cc(F)ccc2c1.NCC1(c2ccc3cc(F)ccc3c2)CCCCC1.O=C(O)c1ccc2cc(F)ccc2c1.OCc1ccc2cc(F)ccc2c1.[B].[B].[C-]#N.[K+]. The molecule has 2 aliphatic carbocycles. The zero-order chi connectivity index (χ0) is 87.4. The van der Waals surface area contributed by atoms with Crippen LogP contribution < -0.4 is 57.1 Å². The van der Waals surface area contributed by atoms with Crippen molar-refractivity contribution < 1.29 is 117 Å². The second kappa shape index (κ2) is 65.2. The number of nitriles is 2. The fraction of sp³-hybridized carbons (Fsp3) is 0.366. The van der Waals surface area contributed by atoms with Crippen LogP contribution in [0, 0.1) is 69.4 Å². The summed E-state index contributed by atoms with van der Waals surface area (Å²) in [5, 5.41) is 61.5. The number of aliphatic hydroxyl groups is 2. The molecule has 12 aromatic carbocycles. The number of carboxylic acid groups (broad SMARTS) is 1. The van der Waals surface area contributed by atoms with Gasteiger partial charge in [0.25, 0.3) is 0 Å². The molecule has 2 unspecified atom stereocenters. The van der Waals surface area contributed by atoms with Gasteiger partial charge in [-0.1, -0.05) is 198 Å². The zero-order valence-electron chi connectivity index (χ0n) is 70.1. The molecule has 4 saturated heterocycles. The summed E-state index contributed by atoms with van der Waals surface area (Å²) in [6.45, 7) is 13.3. The van der Waals surface area contributed by atoms with Crippen molar-refractivity contribution >= 4 is 154 Å². The molecule has 0 aromatic heterocycles. The van der Waals surface area contributed by atoms with E-state index in [1.54, 1.807) is 67.6 Å². The second-order valence-corrected chi connectivity index (χ2v) is 45.5. The van der Waals surface area contributed by atoms with Gasteiger partial charge in [0.05, 0.1) is 48.4 Å². The molecule has 0 spiro atoms. The Bertz CT molecular complexity index is 5180. The fourth-order valence-corrected chi connectivity index (χ4v) is 15.2. The van der Waals surface area contributed by atoms with Crippen molar-refractivity contribution in [3.63, 3.8) is 0 Å². The molecule has 12 aromatic rings.